The Balaban J connectivity index is 2.24. The van der Waals surface area contributed by atoms with Gasteiger partial charge >= 0.3 is 6.18 Å². The van der Waals surface area contributed by atoms with E-state index in [4.69, 9.17) is 0 Å². The van der Waals surface area contributed by atoms with Crippen molar-refractivity contribution in [2.75, 3.05) is 0 Å². The van der Waals surface area contributed by atoms with Gasteiger partial charge in [-0.15, -0.1) is 0 Å². The molecule has 1 heterocycles. The number of halogens is 3. The van der Waals surface area contributed by atoms with Gasteiger partial charge in [-0.1, -0.05) is 12.1 Å². The molecule has 0 aliphatic carbocycles. The second kappa shape index (κ2) is 4.36. The molecule has 0 aliphatic rings. The topological polar surface area (TPSA) is 48.6 Å². The number of alkyl halides is 3. The molecule has 0 saturated carbocycles. The van der Waals surface area contributed by atoms with Crippen LogP contribution in [0, 0.1) is 6.92 Å². The van der Waals surface area contributed by atoms with Gasteiger partial charge in [0.25, 0.3) is 5.56 Å². The summed E-state index contributed by atoms with van der Waals surface area (Å²) in [5, 5.41) is 5.11. The molecule has 0 bridgehead atoms. The minimum atomic E-state index is -4.33. The van der Waals surface area contributed by atoms with E-state index in [9.17, 15) is 18.0 Å². The van der Waals surface area contributed by atoms with E-state index in [1.807, 2.05) is 0 Å². The summed E-state index contributed by atoms with van der Waals surface area (Å²) in [4.78, 5) is 11.4. The van der Waals surface area contributed by atoms with Gasteiger partial charge in [-0.3, -0.25) is 9.89 Å². The first-order valence-electron chi connectivity index (χ1n) is 5.30. The van der Waals surface area contributed by atoms with E-state index >= 15 is 0 Å². The van der Waals surface area contributed by atoms with Crippen molar-refractivity contribution >= 4 is 0 Å². The highest BCUT2D eigenvalue weighted by Crippen LogP contribution is 2.29. The van der Waals surface area contributed by atoms with Gasteiger partial charge < -0.3 is 5.10 Å². The summed E-state index contributed by atoms with van der Waals surface area (Å²) in [6, 6.07) is 4.81. The highest BCUT2D eigenvalue weighted by molar-refractivity contribution is 5.30. The van der Waals surface area contributed by atoms with Crippen LogP contribution in [0.1, 0.15) is 22.4 Å². The Labute approximate surface area is 101 Å². The van der Waals surface area contributed by atoms with Crippen LogP contribution in [-0.2, 0) is 12.6 Å². The zero-order chi connectivity index (χ0) is 13.3. The molecular formula is C12H11F3N2O. The molecule has 0 aliphatic heterocycles. The van der Waals surface area contributed by atoms with Crippen LogP contribution in [0.15, 0.2) is 29.1 Å². The molecule has 0 saturated heterocycles. The van der Waals surface area contributed by atoms with E-state index in [0.29, 0.717) is 23.2 Å². The predicted molar refractivity (Wildman–Crippen MR) is 60.4 cm³/mol. The van der Waals surface area contributed by atoms with Gasteiger partial charge in [-0.25, -0.2) is 0 Å². The lowest BCUT2D eigenvalue weighted by Crippen LogP contribution is -2.08. The molecule has 2 N–H and O–H groups in total. The van der Waals surface area contributed by atoms with Gasteiger partial charge in [0.1, 0.15) is 0 Å². The van der Waals surface area contributed by atoms with Gasteiger partial charge in [0.05, 0.1) is 5.56 Å². The molecule has 0 radical (unpaired) electrons. The van der Waals surface area contributed by atoms with Gasteiger partial charge in [-0.05, 0) is 24.6 Å². The summed E-state index contributed by atoms with van der Waals surface area (Å²) in [6.07, 6.45) is -4.02. The quantitative estimate of drug-likeness (QED) is 0.852. The summed E-state index contributed by atoms with van der Waals surface area (Å²) in [6.45, 7) is 1.73. The molecule has 0 amide bonds. The molecule has 1 aromatic carbocycles. The fourth-order valence-corrected chi connectivity index (χ4v) is 1.70. The maximum Gasteiger partial charge on any atom is 0.416 e. The van der Waals surface area contributed by atoms with Crippen LogP contribution in [0.5, 0.6) is 0 Å². The van der Waals surface area contributed by atoms with Crippen molar-refractivity contribution in [2.45, 2.75) is 19.5 Å². The van der Waals surface area contributed by atoms with Gasteiger partial charge in [0, 0.05) is 17.7 Å². The van der Waals surface area contributed by atoms with Crippen molar-refractivity contribution in [1.82, 2.24) is 10.2 Å². The second-order valence-corrected chi connectivity index (χ2v) is 4.05. The molecule has 0 fully saturated rings. The van der Waals surface area contributed by atoms with Crippen LogP contribution in [-0.4, -0.2) is 10.2 Å². The predicted octanol–water partition coefficient (Wildman–Crippen LogP) is 2.62. The number of aryl methyl sites for hydroxylation is 1. The third-order valence-corrected chi connectivity index (χ3v) is 2.75. The van der Waals surface area contributed by atoms with Gasteiger partial charge in [0.15, 0.2) is 0 Å². The molecule has 96 valence electrons. The number of aromatic nitrogens is 2. The average molecular weight is 256 g/mol. The second-order valence-electron chi connectivity index (χ2n) is 4.05. The summed E-state index contributed by atoms with van der Waals surface area (Å²) in [5.41, 5.74) is 0.962. The molecule has 2 rings (SSSR count). The normalized spacial score (nSPS) is 11.8. The van der Waals surface area contributed by atoms with E-state index in [0.717, 1.165) is 12.1 Å². The summed E-state index contributed by atoms with van der Waals surface area (Å²) < 4.78 is 37.1. The SMILES string of the molecule is Cc1[nH][nH]c(=O)c1Cc1ccc(C(F)(F)F)cc1. The van der Waals surface area contributed by atoms with Crippen LogP contribution < -0.4 is 5.56 Å². The molecule has 0 unspecified atom stereocenters. The molecular weight excluding hydrogens is 245 g/mol. The zero-order valence-electron chi connectivity index (χ0n) is 9.56. The van der Waals surface area contributed by atoms with Gasteiger partial charge in [0.2, 0.25) is 0 Å². The molecule has 18 heavy (non-hydrogen) atoms. The monoisotopic (exact) mass is 256 g/mol. The highest BCUT2D eigenvalue weighted by atomic mass is 19.4. The maximum atomic E-state index is 12.4. The smallest absolute Gasteiger partial charge is 0.302 e. The number of hydrogen-bond acceptors (Lipinski definition) is 1. The van der Waals surface area contributed by atoms with Crippen molar-refractivity contribution in [3.63, 3.8) is 0 Å². The average Bonchev–Trinajstić information content (AvgIpc) is 2.60. The Morgan fingerprint density at radius 3 is 2.17 bits per heavy atom. The molecule has 2 aromatic rings. The number of hydrogen-bond donors (Lipinski definition) is 2. The Morgan fingerprint density at radius 1 is 1.11 bits per heavy atom. The summed E-state index contributed by atoms with van der Waals surface area (Å²) >= 11 is 0. The van der Waals surface area contributed by atoms with E-state index in [1.54, 1.807) is 6.92 Å². The van der Waals surface area contributed by atoms with Crippen molar-refractivity contribution in [2.24, 2.45) is 0 Å². The minimum absolute atomic E-state index is 0.243. The van der Waals surface area contributed by atoms with Crippen LogP contribution in [0.3, 0.4) is 0 Å². The molecule has 0 atom stereocenters. The lowest BCUT2D eigenvalue weighted by Gasteiger charge is -2.07. The van der Waals surface area contributed by atoms with Crippen LogP contribution >= 0.6 is 0 Å². The van der Waals surface area contributed by atoms with Crippen LogP contribution in [0.2, 0.25) is 0 Å². The van der Waals surface area contributed by atoms with Crippen molar-refractivity contribution in [3.8, 4) is 0 Å². The zero-order valence-corrected chi connectivity index (χ0v) is 9.56. The number of rotatable bonds is 2. The summed E-state index contributed by atoms with van der Waals surface area (Å²) in [5.74, 6) is 0. The lowest BCUT2D eigenvalue weighted by molar-refractivity contribution is -0.137. The minimum Gasteiger partial charge on any atom is -0.302 e. The fourth-order valence-electron chi connectivity index (χ4n) is 1.70. The van der Waals surface area contributed by atoms with Crippen LogP contribution in [0.4, 0.5) is 13.2 Å². The van der Waals surface area contributed by atoms with Crippen molar-refractivity contribution in [1.29, 1.82) is 0 Å². The first kappa shape index (κ1) is 12.5. The third-order valence-electron chi connectivity index (χ3n) is 2.75. The first-order valence-corrected chi connectivity index (χ1v) is 5.30. The van der Waals surface area contributed by atoms with Crippen molar-refractivity contribution in [3.05, 3.63) is 57.0 Å². The molecule has 3 nitrogen and oxygen atoms in total. The first-order chi connectivity index (χ1) is 8.38. The lowest BCUT2D eigenvalue weighted by atomic mass is 10.0. The highest BCUT2D eigenvalue weighted by Gasteiger charge is 2.29. The Hall–Kier alpha value is -1.98. The Bertz CT molecular complexity index is 593. The fraction of sp³-hybridized carbons (Fsp3) is 0.250. The molecule has 6 heteroatoms. The van der Waals surface area contributed by atoms with E-state index < -0.39 is 11.7 Å². The standard InChI is InChI=1S/C12H11F3N2O/c1-7-10(11(18)17-16-7)6-8-2-4-9(5-3-8)12(13,14)15/h2-5H,6H2,1H3,(H2,16,17,18). The third kappa shape index (κ3) is 2.47. The molecule has 1 aromatic heterocycles. The Kier molecular flexibility index (Phi) is 3.02. The largest absolute Gasteiger partial charge is 0.416 e. The number of benzene rings is 1. The van der Waals surface area contributed by atoms with Crippen LogP contribution in [0.25, 0.3) is 0 Å². The number of nitrogens with one attached hydrogen (secondary N) is 2. The summed E-state index contributed by atoms with van der Waals surface area (Å²) in [7, 11) is 0. The number of H-pyrrole nitrogens is 2. The number of aromatic amines is 2. The maximum absolute atomic E-state index is 12.4. The van der Waals surface area contributed by atoms with Crippen molar-refractivity contribution < 1.29 is 13.2 Å². The van der Waals surface area contributed by atoms with E-state index in [2.05, 4.69) is 10.2 Å². The van der Waals surface area contributed by atoms with E-state index in [1.165, 1.54) is 12.1 Å². The van der Waals surface area contributed by atoms with Gasteiger partial charge in [-0.2, -0.15) is 13.2 Å². The van der Waals surface area contributed by atoms with E-state index in [-0.39, 0.29) is 5.56 Å². The molecule has 0 spiro atoms. The Morgan fingerprint density at radius 2 is 1.72 bits per heavy atom.